The Morgan fingerprint density at radius 1 is 0.793 bits per heavy atom. The number of carbonyl (C=O) groups excluding carboxylic acids is 3. The van der Waals surface area contributed by atoms with Gasteiger partial charge in [-0.25, -0.2) is 0 Å². The first-order valence-corrected chi connectivity index (χ1v) is 10.0. The van der Waals surface area contributed by atoms with Crippen LogP contribution in [0.3, 0.4) is 0 Å². The molecule has 1 amide bonds. The summed E-state index contributed by atoms with van der Waals surface area (Å²) in [5.74, 6) is -0.0947. The smallest absolute Gasteiger partial charge is 0.294 e. The summed E-state index contributed by atoms with van der Waals surface area (Å²) >= 11 is 0. The molecule has 0 bridgehead atoms. The third-order valence-corrected chi connectivity index (χ3v) is 3.33. The fourth-order valence-corrected chi connectivity index (χ4v) is 2.03. The predicted molar refractivity (Wildman–Crippen MR) is 114 cm³/mol. The number of ether oxygens (including phenoxy) is 2. The Morgan fingerprint density at radius 2 is 1.28 bits per heavy atom. The van der Waals surface area contributed by atoms with Crippen molar-refractivity contribution < 1.29 is 23.9 Å². The van der Waals surface area contributed by atoms with Gasteiger partial charge in [-0.15, -0.1) is 0 Å². The molecule has 0 aliphatic carbocycles. The zero-order valence-electron chi connectivity index (χ0n) is 18.1. The molecule has 11 nitrogen and oxygen atoms in total. The van der Waals surface area contributed by atoms with Crippen LogP contribution in [0.4, 0.5) is 0 Å². The first-order chi connectivity index (χ1) is 14.1. The van der Waals surface area contributed by atoms with Gasteiger partial charge >= 0.3 is 0 Å². The first kappa shape index (κ1) is 31.9. The number of nitrogens with two attached hydrogens (primary N) is 4. The molecule has 8 N–H and O–H groups in total. The molecule has 29 heavy (non-hydrogen) atoms. The molecule has 0 aliphatic rings. The third kappa shape index (κ3) is 24.2. The van der Waals surface area contributed by atoms with E-state index in [0.717, 1.165) is 25.9 Å². The molecule has 0 heterocycles. The topological polar surface area (TPSA) is 180 Å². The Balaban J connectivity index is -0.000000430. The summed E-state index contributed by atoms with van der Waals surface area (Å²) in [6.45, 7) is 10.0. The summed E-state index contributed by atoms with van der Waals surface area (Å²) in [6, 6.07) is 0. The van der Waals surface area contributed by atoms with Crippen LogP contribution >= 0.6 is 0 Å². The molecule has 11 heteroatoms. The van der Waals surface area contributed by atoms with E-state index in [1.807, 2.05) is 18.7 Å². The van der Waals surface area contributed by atoms with Crippen molar-refractivity contribution in [3.8, 4) is 0 Å². The summed E-state index contributed by atoms with van der Waals surface area (Å²) < 4.78 is 9.07. The maximum Gasteiger partial charge on any atom is 0.294 e. The van der Waals surface area contributed by atoms with Crippen LogP contribution in [-0.4, -0.2) is 94.3 Å². The average Bonchev–Trinajstić information content (AvgIpc) is 2.75. The number of hydrogen-bond donors (Lipinski definition) is 4. The summed E-state index contributed by atoms with van der Waals surface area (Å²) in [5.41, 5.74) is 21.4. The molecule has 0 aromatic heterocycles. The average molecular weight is 423 g/mol. The fourth-order valence-electron chi connectivity index (χ4n) is 2.03. The van der Waals surface area contributed by atoms with E-state index in [9.17, 15) is 14.4 Å². The van der Waals surface area contributed by atoms with Gasteiger partial charge < -0.3 is 37.3 Å². The van der Waals surface area contributed by atoms with E-state index in [0.29, 0.717) is 58.9 Å². The zero-order chi connectivity index (χ0) is 22.8. The molecule has 0 fully saturated rings. The molecule has 174 valence electrons. The first-order valence-electron chi connectivity index (χ1n) is 10.0. The highest BCUT2D eigenvalue weighted by atomic mass is 16.5. The van der Waals surface area contributed by atoms with Gasteiger partial charge in [0.15, 0.2) is 0 Å². The van der Waals surface area contributed by atoms with E-state index in [1.54, 1.807) is 4.90 Å². The molecule has 0 aliphatic heterocycles. The highest BCUT2D eigenvalue weighted by molar-refractivity contribution is 5.76. The molecule has 0 aromatic carbocycles. The molecular weight excluding hydrogens is 380 g/mol. The minimum atomic E-state index is -0.0947. The maximum atomic E-state index is 11.4. The lowest BCUT2D eigenvalue weighted by Crippen LogP contribution is -2.39. The number of hydrogen-bond acceptors (Lipinski definition) is 10. The second-order valence-electron chi connectivity index (χ2n) is 5.47. The molecule has 0 atom stereocenters. The lowest BCUT2D eigenvalue weighted by atomic mass is 10.3. The Bertz CT molecular complexity index is 350. The van der Waals surface area contributed by atoms with Crippen LogP contribution in [0.25, 0.3) is 0 Å². The zero-order valence-corrected chi connectivity index (χ0v) is 18.1. The van der Waals surface area contributed by atoms with Crippen molar-refractivity contribution in [2.24, 2.45) is 22.9 Å². The Hall–Kier alpha value is -1.79. The molecule has 0 saturated carbocycles. The van der Waals surface area contributed by atoms with Gasteiger partial charge in [0.2, 0.25) is 5.91 Å². The molecule has 0 unspecified atom stereocenters. The van der Waals surface area contributed by atoms with Crippen molar-refractivity contribution in [1.82, 2.24) is 9.80 Å². The van der Waals surface area contributed by atoms with Crippen molar-refractivity contribution in [1.29, 1.82) is 0 Å². The predicted octanol–water partition coefficient (Wildman–Crippen LogP) is -1.56. The molecule has 0 rings (SSSR count). The standard InChI is InChI=1S/C8H17N3O3.C8H19N3O2.C2H6/c9-2-4-11(5-3-10)8(13)1-6-14-7-12;9-3-1-5-11(6-2-4-10)7-13-8-12;1-2/h7H,1-6,9-10H2;8H,1-7,9-10H2;1-2H3. The van der Waals surface area contributed by atoms with Gasteiger partial charge in [0.1, 0.15) is 6.73 Å². The second-order valence-corrected chi connectivity index (χ2v) is 5.47. The number of nitrogens with zero attached hydrogens (tertiary/aromatic N) is 2. The van der Waals surface area contributed by atoms with Gasteiger partial charge in [-0.05, 0) is 25.9 Å². The Morgan fingerprint density at radius 3 is 1.66 bits per heavy atom. The number of rotatable bonds is 17. The minimum absolute atomic E-state index is 0.0947. The summed E-state index contributed by atoms with van der Waals surface area (Å²) in [7, 11) is 0. The fraction of sp³-hybridized carbons (Fsp3) is 0.833. The van der Waals surface area contributed by atoms with Crippen molar-refractivity contribution in [2.45, 2.75) is 33.1 Å². The lowest BCUT2D eigenvalue weighted by Gasteiger charge is -2.20. The van der Waals surface area contributed by atoms with Gasteiger partial charge in [-0.3, -0.25) is 19.3 Å². The molecular formula is C18H42N6O5. The highest BCUT2D eigenvalue weighted by Crippen LogP contribution is 1.94. The van der Waals surface area contributed by atoms with Gasteiger partial charge in [0, 0.05) is 39.3 Å². The SMILES string of the molecule is CC.NCCCN(CCCN)COC=O.NCCN(CCN)C(=O)CCOC=O. The van der Waals surface area contributed by atoms with Crippen molar-refractivity contribution in [3.05, 3.63) is 0 Å². The summed E-state index contributed by atoms with van der Waals surface area (Å²) in [4.78, 5) is 34.8. The van der Waals surface area contributed by atoms with Crippen molar-refractivity contribution in [2.75, 3.05) is 65.7 Å². The maximum absolute atomic E-state index is 11.4. The Labute approximate surface area is 175 Å². The number of amides is 1. The lowest BCUT2D eigenvalue weighted by molar-refractivity contribution is -0.135. The van der Waals surface area contributed by atoms with Crippen LogP contribution in [0.2, 0.25) is 0 Å². The van der Waals surface area contributed by atoms with Gasteiger partial charge in [0.05, 0.1) is 13.0 Å². The summed E-state index contributed by atoms with van der Waals surface area (Å²) in [6.07, 6.45) is 2.00. The molecule has 0 spiro atoms. The van der Waals surface area contributed by atoms with Crippen LogP contribution < -0.4 is 22.9 Å². The molecule has 0 radical (unpaired) electrons. The van der Waals surface area contributed by atoms with Crippen molar-refractivity contribution in [3.63, 3.8) is 0 Å². The van der Waals surface area contributed by atoms with Crippen LogP contribution in [0.5, 0.6) is 0 Å². The van der Waals surface area contributed by atoms with Gasteiger partial charge in [-0.2, -0.15) is 0 Å². The van der Waals surface area contributed by atoms with Gasteiger partial charge in [0.25, 0.3) is 12.9 Å². The van der Waals surface area contributed by atoms with Gasteiger partial charge in [-0.1, -0.05) is 13.8 Å². The van der Waals surface area contributed by atoms with E-state index in [1.165, 1.54) is 0 Å². The van der Waals surface area contributed by atoms with Crippen LogP contribution in [-0.2, 0) is 23.9 Å². The molecule has 0 saturated heterocycles. The van der Waals surface area contributed by atoms with E-state index < -0.39 is 0 Å². The summed E-state index contributed by atoms with van der Waals surface area (Å²) in [5, 5.41) is 0. The third-order valence-electron chi connectivity index (χ3n) is 3.33. The highest BCUT2D eigenvalue weighted by Gasteiger charge is 2.11. The van der Waals surface area contributed by atoms with Crippen molar-refractivity contribution >= 4 is 18.9 Å². The van der Waals surface area contributed by atoms with E-state index in [4.69, 9.17) is 22.9 Å². The largest absolute Gasteiger partial charge is 0.467 e. The monoisotopic (exact) mass is 422 g/mol. The minimum Gasteiger partial charge on any atom is -0.467 e. The Kier molecular flexibility index (Phi) is 31.3. The van der Waals surface area contributed by atoms with E-state index >= 15 is 0 Å². The van der Waals surface area contributed by atoms with E-state index in [-0.39, 0.29) is 18.9 Å². The van der Waals surface area contributed by atoms with Crippen LogP contribution in [0, 0.1) is 0 Å². The quantitative estimate of drug-likeness (QED) is 0.121. The van der Waals surface area contributed by atoms with Crippen LogP contribution in [0.1, 0.15) is 33.1 Å². The second kappa shape index (κ2) is 28.4. The molecule has 0 aromatic rings. The number of carbonyl (C=O) groups is 3. The normalized spacial score (nSPS) is 9.48. The van der Waals surface area contributed by atoms with E-state index in [2.05, 4.69) is 9.47 Å². The van der Waals surface area contributed by atoms with Crippen LogP contribution in [0.15, 0.2) is 0 Å².